The van der Waals surface area contributed by atoms with Crippen molar-refractivity contribution in [2.75, 3.05) is 0 Å². The zero-order chi connectivity index (χ0) is 13.0. The van der Waals surface area contributed by atoms with Gasteiger partial charge in [-0.05, 0) is 37.1 Å². The highest BCUT2D eigenvalue weighted by atomic mass is 32.2. The first-order valence-electron chi connectivity index (χ1n) is 6.03. The van der Waals surface area contributed by atoms with Crippen molar-refractivity contribution in [1.29, 1.82) is 0 Å². The van der Waals surface area contributed by atoms with E-state index in [0.29, 0.717) is 6.54 Å². The predicted octanol–water partition coefficient (Wildman–Crippen LogP) is 3.45. The summed E-state index contributed by atoms with van der Waals surface area (Å²) in [7, 11) is 0. The van der Waals surface area contributed by atoms with Gasteiger partial charge in [-0.3, -0.25) is 4.98 Å². The highest BCUT2D eigenvalue weighted by molar-refractivity contribution is 7.98. The van der Waals surface area contributed by atoms with Gasteiger partial charge in [-0.15, -0.1) is 11.8 Å². The number of benzene rings is 1. The van der Waals surface area contributed by atoms with Gasteiger partial charge in [0.05, 0.1) is 5.69 Å². The molecule has 2 aromatic rings. The van der Waals surface area contributed by atoms with E-state index >= 15 is 0 Å². The smallest absolute Gasteiger partial charge is 0.0579 e. The first kappa shape index (κ1) is 13.1. The lowest BCUT2D eigenvalue weighted by Crippen LogP contribution is -2.03. The molecule has 0 fully saturated rings. The van der Waals surface area contributed by atoms with Gasteiger partial charge in [-0.2, -0.15) is 0 Å². The molecule has 1 aromatic heterocycles. The molecule has 0 atom stereocenters. The number of pyridine rings is 1. The van der Waals surface area contributed by atoms with Crippen molar-refractivity contribution in [2.45, 2.75) is 31.0 Å². The number of rotatable bonds is 4. The van der Waals surface area contributed by atoms with Gasteiger partial charge in [0.2, 0.25) is 0 Å². The van der Waals surface area contributed by atoms with E-state index in [1.54, 1.807) is 6.20 Å². The highest BCUT2D eigenvalue weighted by Gasteiger charge is 2.04. The van der Waals surface area contributed by atoms with Crippen LogP contribution in [0.15, 0.2) is 41.4 Å². The molecule has 18 heavy (non-hydrogen) atoms. The van der Waals surface area contributed by atoms with E-state index in [1.807, 2.05) is 17.8 Å². The number of nitrogens with zero attached hydrogens (tertiary/aromatic N) is 1. The first-order valence-corrected chi connectivity index (χ1v) is 7.02. The summed E-state index contributed by atoms with van der Waals surface area (Å²) in [5.41, 5.74) is 10.6. The molecule has 0 bridgehead atoms. The summed E-state index contributed by atoms with van der Waals surface area (Å²) >= 11 is 1.84. The summed E-state index contributed by atoms with van der Waals surface area (Å²) < 4.78 is 0. The third-order valence-corrected chi connectivity index (χ3v) is 4.12. The van der Waals surface area contributed by atoms with Gasteiger partial charge in [0.25, 0.3) is 0 Å². The maximum Gasteiger partial charge on any atom is 0.0579 e. The summed E-state index contributed by atoms with van der Waals surface area (Å²) in [5, 5.41) is 0. The van der Waals surface area contributed by atoms with E-state index in [0.717, 1.165) is 11.4 Å². The zero-order valence-corrected chi connectivity index (χ0v) is 11.6. The van der Waals surface area contributed by atoms with Gasteiger partial charge in [0.1, 0.15) is 0 Å². The average molecular weight is 258 g/mol. The van der Waals surface area contributed by atoms with E-state index in [1.165, 1.54) is 21.6 Å². The van der Waals surface area contributed by atoms with Crippen molar-refractivity contribution in [1.82, 2.24) is 4.98 Å². The van der Waals surface area contributed by atoms with Crippen molar-refractivity contribution in [3.05, 3.63) is 58.9 Å². The second-order valence-corrected chi connectivity index (χ2v) is 5.39. The van der Waals surface area contributed by atoms with Crippen molar-refractivity contribution in [3.8, 4) is 0 Å². The van der Waals surface area contributed by atoms with Crippen LogP contribution in [0.3, 0.4) is 0 Å². The maximum absolute atomic E-state index is 5.70. The maximum atomic E-state index is 5.70. The van der Waals surface area contributed by atoms with Crippen molar-refractivity contribution in [3.63, 3.8) is 0 Å². The molecule has 0 aliphatic carbocycles. The Bertz CT molecular complexity index is 538. The molecule has 0 aliphatic heterocycles. The third-order valence-electron chi connectivity index (χ3n) is 2.89. The topological polar surface area (TPSA) is 38.9 Å². The van der Waals surface area contributed by atoms with Crippen molar-refractivity contribution >= 4 is 11.8 Å². The number of aryl methyl sites for hydroxylation is 2. The number of thioether (sulfide) groups is 1. The van der Waals surface area contributed by atoms with E-state index < -0.39 is 0 Å². The minimum atomic E-state index is 0.504. The third kappa shape index (κ3) is 3.12. The lowest BCUT2D eigenvalue weighted by Gasteiger charge is -2.09. The van der Waals surface area contributed by atoms with E-state index in [-0.39, 0.29) is 0 Å². The standard InChI is InChI=1S/C15H18N2S/c1-11-5-6-15(12(2)8-11)18-10-13-4-3-7-17-14(13)9-16/h3-8H,9-10,16H2,1-2H3. The quantitative estimate of drug-likeness (QED) is 0.854. The Morgan fingerprint density at radius 2 is 2.06 bits per heavy atom. The van der Waals surface area contributed by atoms with Crippen LogP contribution in [0.1, 0.15) is 22.4 Å². The lowest BCUT2D eigenvalue weighted by atomic mass is 10.2. The Kier molecular flexibility index (Phi) is 4.39. The summed E-state index contributed by atoms with van der Waals surface area (Å²) in [6.07, 6.45) is 1.80. The van der Waals surface area contributed by atoms with Crippen LogP contribution in [0.25, 0.3) is 0 Å². The average Bonchev–Trinajstić information content (AvgIpc) is 2.38. The predicted molar refractivity (Wildman–Crippen MR) is 77.6 cm³/mol. The van der Waals surface area contributed by atoms with Crippen LogP contribution in [0.5, 0.6) is 0 Å². The van der Waals surface area contributed by atoms with E-state index in [9.17, 15) is 0 Å². The molecule has 3 heteroatoms. The molecular formula is C15H18N2S. The molecule has 1 heterocycles. The first-order chi connectivity index (χ1) is 8.70. The fraction of sp³-hybridized carbons (Fsp3) is 0.267. The molecule has 2 rings (SSSR count). The van der Waals surface area contributed by atoms with Gasteiger partial charge in [0.15, 0.2) is 0 Å². The minimum absolute atomic E-state index is 0.504. The summed E-state index contributed by atoms with van der Waals surface area (Å²) in [5.74, 6) is 0.921. The van der Waals surface area contributed by atoms with Gasteiger partial charge < -0.3 is 5.73 Å². The molecule has 1 aromatic carbocycles. The summed E-state index contributed by atoms with van der Waals surface area (Å²) in [6.45, 7) is 4.78. The fourth-order valence-corrected chi connectivity index (χ4v) is 2.93. The molecule has 0 saturated carbocycles. The normalized spacial score (nSPS) is 10.6. The van der Waals surface area contributed by atoms with Gasteiger partial charge >= 0.3 is 0 Å². The molecule has 0 spiro atoms. The van der Waals surface area contributed by atoms with Crippen molar-refractivity contribution < 1.29 is 0 Å². The molecule has 94 valence electrons. The van der Waals surface area contributed by atoms with Crippen LogP contribution in [0, 0.1) is 13.8 Å². The van der Waals surface area contributed by atoms with E-state index in [2.05, 4.69) is 43.1 Å². The van der Waals surface area contributed by atoms with Crippen LogP contribution in [-0.2, 0) is 12.3 Å². The molecular weight excluding hydrogens is 240 g/mol. The van der Waals surface area contributed by atoms with Crippen LogP contribution in [0.4, 0.5) is 0 Å². The Morgan fingerprint density at radius 3 is 2.78 bits per heavy atom. The summed E-state index contributed by atoms with van der Waals surface area (Å²) in [4.78, 5) is 5.63. The lowest BCUT2D eigenvalue weighted by molar-refractivity contribution is 0.964. The van der Waals surface area contributed by atoms with Crippen LogP contribution < -0.4 is 5.73 Å². The Labute approximate surface area is 113 Å². The van der Waals surface area contributed by atoms with Crippen LogP contribution in [0.2, 0.25) is 0 Å². The fourth-order valence-electron chi connectivity index (χ4n) is 1.90. The molecule has 2 nitrogen and oxygen atoms in total. The van der Waals surface area contributed by atoms with Crippen LogP contribution >= 0.6 is 11.8 Å². The SMILES string of the molecule is Cc1ccc(SCc2cccnc2CN)c(C)c1. The number of hydrogen-bond donors (Lipinski definition) is 1. The van der Waals surface area contributed by atoms with Gasteiger partial charge in [-0.1, -0.05) is 23.8 Å². The van der Waals surface area contributed by atoms with Gasteiger partial charge in [-0.25, -0.2) is 0 Å². The second kappa shape index (κ2) is 6.03. The molecule has 0 amide bonds. The molecule has 0 unspecified atom stereocenters. The molecule has 0 aliphatic rings. The molecule has 2 N–H and O–H groups in total. The second-order valence-electron chi connectivity index (χ2n) is 4.37. The van der Waals surface area contributed by atoms with E-state index in [4.69, 9.17) is 5.73 Å². The monoisotopic (exact) mass is 258 g/mol. The molecule has 0 radical (unpaired) electrons. The minimum Gasteiger partial charge on any atom is -0.325 e. The van der Waals surface area contributed by atoms with Crippen LogP contribution in [-0.4, -0.2) is 4.98 Å². The number of nitrogens with two attached hydrogens (primary N) is 1. The Morgan fingerprint density at radius 1 is 1.22 bits per heavy atom. The number of hydrogen-bond acceptors (Lipinski definition) is 3. The largest absolute Gasteiger partial charge is 0.325 e. The Balaban J connectivity index is 2.11. The highest BCUT2D eigenvalue weighted by Crippen LogP contribution is 2.27. The van der Waals surface area contributed by atoms with Crippen molar-refractivity contribution in [2.24, 2.45) is 5.73 Å². The molecule has 0 saturated heterocycles. The summed E-state index contributed by atoms with van der Waals surface area (Å²) in [6, 6.07) is 10.6. The van der Waals surface area contributed by atoms with Gasteiger partial charge in [0, 0.05) is 23.4 Å². The zero-order valence-electron chi connectivity index (χ0n) is 10.8. The number of aromatic nitrogens is 1. The Hall–Kier alpha value is -1.32.